The van der Waals surface area contributed by atoms with Crippen LogP contribution in [0.5, 0.6) is 0 Å². The highest BCUT2D eigenvalue weighted by Gasteiger charge is 2.24. The van der Waals surface area contributed by atoms with Crippen molar-refractivity contribution < 1.29 is 4.79 Å². The first-order chi connectivity index (χ1) is 12.0. The lowest BCUT2D eigenvalue weighted by atomic mass is 10.00. The minimum atomic E-state index is -0.0870. The van der Waals surface area contributed by atoms with Crippen molar-refractivity contribution in [2.24, 2.45) is 0 Å². The van der Waals surface area contributed by atoms with Crippen LogP contribution in [-0.4, -0.2) is 10.9 Å². The third-order valence-electron chi connectivity index (χ3n) is 4.97. The monoisotopic (exact) mass is 350 g/mol. The second-order valence-corrected chi connectivity index (χ2v) is 7.12. The summed E-state index contributed by atoms with van der Waals surface area (Å²) in [4.78, 5) is 17.8. The summed E-state index contributed by atoms with van der Waals surface area (Å²) in [6.07, 6.45) is 2.86. The van der Waals surface area contributed by atoms with Crippen molar-refractivity contribution in [2.75, 3.05) is 5.32 Å². The summed E-state index contributed by atoms with van der Waals surface area (Å²) in [5.41, 5.74) is 6.84. The van der Waals surface area contributed by atoms with Crippen molar-refractivity contribution in [1.29, 1.82) is 0 Å². The van der Waals surface area contributed by atoms with Crippen molar-refractivity contribution >= 4 is 34.1 Å². The SMILES string of the molecule is Cc1ccc(NC(=O)c2c3c(nc4ccc(Cl)cc24)CCC3)cc1C. The lowest BCUT2D eigenvalue weighted by Gasteiger charge is -2.14. The number of aromatic nitrogens is 1. The Kier molecular flexibility index (Phi) is 3.97. The van der Waals surface area contributed by atoms with Crippen molar-refractivity contribution in [3.63, 3.8) is 0 Å². The molecule has 0 saturated heterocycles. The Morgan fingerprint density at radius 2 is 1.92 bits per heavy atom. The van der Waals surface area contributed by atoms with Gasteiger partial charge in [0.05, 0.1) is 11.1 Å². The lowest BCUT2D eigenvalue weighted by Crippen LogP contribution is -2.16. The van der Waals surface area contributed by atoms with Crippen molar-refractivity contribution in [2.45, 2.75) is 33.1 Å². The molecule has 0 atom stereocenters. The van der Waals surface area contributed by atoms with E-state index in [1.165, 1.54) is 5.56 Å². The average molecular weight is 351 g/mol. The molecule has 1 amide bonds. The first-order valence-electron chi connectivity index (χ1n) is 8.52. The van der Waals surface area contributed by atoms with Gasteiger partial charge in [0, 0.05) is 21.8 Å². The topological polar surface area (TPSA) is 42.0 Å². The Morgan fingerprint density at radius 3 is 2.72 bits per heavy atom. The zero-order valence-electron chi connectivity index (χ0n) is 14.3. The molecule has 25 heavy (non-hydrogen) atoms. The second-order valence-electron chi connectivity index (χ2n) is 6.68. The zero-order chi connectivity index (χ0) is 17.6. The number of fused-ring (bicyclic) bond motifs is 2. The largest absolute Gasteiger partial charge is 0.322 e. The number of carbonyl (C=O) groups excluding carboxylic acids is 1. The van der Waals surface area contributed by atoms with Crippen LogP contribution < -0.4 is 5.32 Å². The molecule has 4 rings (SSSR count). The molecule has 4 heteroatoms. The molecule has 126 valence electrons. The summed E-state index contributed by atoms with van der Waals surface area (Å²) >= 11 is 6.19. The normalized spacial score (nSPS) is 13.1. The van der Waals surface area contributed by atoms with Crippen molar-refractivity contribution in [3.8, 4) is 0 Å². The van der Waals surface area contributed by atoms with E-state index < -0.39 is 0 Å². The summed E-state index contributed by atoms with van der Waals surface area (Å²) in [7, 11) is 0. The van der Waals surface area contributed by atoms with Gasteiger partial charge >= 0.3 is 0 Å². The van der Waals surface area contributed by atoms with Gasteiger partial charge in [0.25, 0.3) is 5.91 Å². The minimum absolute atomic E-state index is 0.0870. The van der Waals surface area contributed by atoms with Gasteiger partial charge in [0.2, 0.25) is 0 Å². The number of carbonyl (C=O) groups is 1. The third-order valence-corrected chi connectivity index (χ3v) is 5.20. The molecular formula is C21H19ClN2O. The lowest BCUT2D eigenvalue weighted by molar-refractivity contribution is 0.102. The minimum Gasteiger partial charge on any atom is -0.322 e. The third kappa shape index (κ3) is 2.89. The quantitative estimate of drug-likeness (QED) is 0.686. The maximum absolute atomic E-state index is 13.1. The van der Waals surface area contributed by atoms with Crippen LogP contribution in [0, 0.1) is 13.8 Å². The summed E-state index contributed by atoms with van der Waals surface area (Å²) in [5, 5.41) is 4.50. The van der Waals surface area contributed by atoms with Gasteiger partial charge in [0.15, 0.2) is 0 Å². The van der Waals surface area contributed by atoms with Crippen LogP contribution in [0.4, 0.5) is 5.69 Å². The van der Waals surface area contributed by atoms with E-state index in [9.17, 15) is 4.79 Å². The predicted octanol–water partition coefficient (Wildman–Crippen LogP) is 5.25. The van der Waals surface area contributed by atoms with Gasteiger partial charge < -0.3 is 5.32 Å². The van der Waals surface area contributed by atoms with Crippen molar-refractivity contribution in [1.82, 2.24) is 4.98 Å². The highest BCUT2D eigenvalue weighted by Crippen LogP contribution is 2.32. The van der Waals surface area contributed by atoms with Crippen LogP contribution in [-0.2, 0) is 12.8 Å². The molecule has 3 nitrogen and oxygen atoms in total. The number of rotatable bonds is 2. The van der Waals surface area contributed by atoms with E-state index in [1.807, 2.05) is 43.3 Å². The number of benzene rings is 2. The van der Waals surface area contributed by atoms with Crippen LogP contribution in [0.25, 0.3) is 10.9 Å². The average Bonchev–Trinajstić information content (AvgIpc) is 3.03. The van der Waals surface area contributed by atoms with E-state index in [4.69, 9.17) is 16.6 Å². The molecule has 1 N–H and O–H groups in total. The van der Waals surface area contributed by atoms with Gasteiger partial charge in [-0.15, -0.1) is 0 Å². The molecule has 0 bridgehead atoms. The summed E-state index contributed by atoms with van der Waals surface area (Å²) in [6.45, 7) is 4.11. The highest BCUT2D eigenvalue weighted by molar-refractivity contribution is 6.31. The van der Waals surface area contributed by atoms with Crippen LogP contribution in [0.15, 0.2) is 36.4 Å². The Labute approximate surface area is 152 Å². The Hall–Kier alpha value is -2.39. The van der Waals surface area contributed by atoms with E-state index in [1.54, 1.807) is 0 Å². The molecule has 0 saturated carbocycles. The van der Waals surface area contributed by atoms with Crippen LogP contribution in [0.1, 0.15) is 39.2 Å². The van der Waals surface area contributed by atoms with Gasteiger partial charge in [-0.1, -0.05) is 17.7 Å². The second kappa shape index (κ2) is 6.16. The number of nitrogens with one attached hydrogen (secondary N) is 1. The van der Waals surface area contributed by atoms with Crippen molar-refractivity contribution in [3.05, 3.63) is 69.4 Å². The standard InChI is InChI=1S/C21H19ClN2O/c1-12-6-8-15(10-13(12)2)23-21(25)20-16-4-3-5-18(16)24-19-9-7-14(22)11-17(19)20/h6-11H,3-5H2,1-2H3,(H,23,25). The highest BCUT2D eigenvalue weighted by atomic mass is 35.5. The number of anilines is 1. The van der Waals surface area contributed by atoms with E-state index in [0.29, 0.717) is 5.02 Å². The van der Waals surface area contributed by atoms with E-state index in [-0.39, 0.29) is 5.91 Å². The Morgan fingerprint density at radius 1 is 1.08 bits per heavy atom. The Balaban J connectivity index is 1.83. The molecule has 3 aromatic rings. The van der Waals surface area contributed by atoms with Gasteiger partial charge in [-0.05, 0) is 80.1 Å². The number of pyridine rings is 1. The first kappa shape index (κ1) is 16.1. The number of hydrogen-bond acceptors (Lipinski definition) is 2. The first-order valence-corrected chi connectivity index (χ1v) is 8.90. The predicted molar refractivity (Wildman–Crippen MR) is 103 cm³/mol. The number of amides is 1. The fraction of sp³-hybridized carbons (Fsp3) is 0.238. The van der Waals surface area contributed by atoms with E-state index in [2.05, 4.69) is 12.2 Å². The number of halogens is 1. The summed E-state index contributed by atoms with van der Waals surface area (Å²) in [6, 6.07) is 11.5. The summed E-state index contributed by atoms with van der Waals surface area (Å²) in [5.74, 6) is -0.0870. The molecular weight excluding hydrogens is 332 g/mol. The van der Waals surface area contributed by atoms with E-state index in [0.717, 1.165) is 58.2 Å². The molecule has 0 aliphatic heterocycles. The van der Waals surface area contributed by atoms with Crippen LogP contribution in [0.3, 0.4) is 0 Å². The fourth-order valence-corrected chi connectivity index (χ4v) is 3.68. The zero-order valence-corrected chi connectivity index (χ0v) is 15.1. The number of nitrogens with zero attached hydrogens (tertiary/aromatic N) is 1. The molecule has 1 aliphatic carbocycles. The smallest absolute Gasteiger partial charge is 0.256 e. The van der Waals surface area contributed by atoms with Gasteiger partial charge in [-0.3, -0.25) is 9.78 Å². The van der Waals surface area contributed by atoms with Gasteiger partial charge in [-0.25, -0.2) is 0 Å². The van der Waals surface area contributed by atoms with Gasteiger partial charge in [-0.2, -0.15) is 0 Å². The maximum Gasteiger partial charge on any atom is 0.256 e. The molecule has 1 aliphatic rings. The van der Waals surface area contributed by atoms with Crippen LogP contribution >= 0.6 is 11.6 Å². The van der Waals surface area contributed by atoms with E-state index >= 15 is 0 Å². The molecule has 1 aromatic heterocycles. The molecule has 0 fully saturated rings. The molecule has 0 unspecified atom stereocenters. The number of hydrogen-bond donors (Lipinski definition) is 1. The molecule has 0 spiro atoms. The summed E-state index contributed by atoms with van der Waals surface area (Å²) < 4.78 is 0. The molecule has 2 aromatic carbocycles. The molecule has 0 radical (unpaired) electrons. The Bertz CT molecular complexity index is 1010. The molecule has 1 heterocycles. The fourth-order valence-electron chi connectivity index (χ4n) is 3.51. The maximum atomic E-state index is 13.1. The number of aryl methyl sites for hydroxylation is 3. The van der Waals surface area contributed by atoms with Crippen LogP contribution in [0.2, 0.25) is 5.02 Å². The van der Waals surface area contributed by atoms with Gasteiger partial charge in [0.1, 0.15) is 0 Å².